The Kier molecular flexibility index (Phi) is 3.60. The van der Waals surface area contributed by atoms with Gasteiger partial charge in [-0.3, -0.25) is 0 Å². The molecule has 0 spiro atoms. The summed E-state index contributed by atoms with van der Waals surface area (Å²) in [5.74, 6) is 1.11. The normalized spacial score (nSPS) is 9.31. The molecule has 2 nitrogen and oxygen atoms in total. The minimum Gasteiger partial charge on any atom is -0.478 e. The number of halogens is 1. The van der Waals surface area contributed by atoms with Crippen molar-refractivity contribution in [1.29, 1.82) is 5.26 Å². The third-order valence-corrected chi connectivity index (χ3v) is 1.95. The van der Waals surface area contributed by atoms with Crippen LogP contribution in [0.1, 0.15) is 11.1 Å². The first-order valence-electron chi connectivity index (χ1n) is 3.93. The highest BCUT2D eigenvalue weighted by atomic mass is 35.5. The Morgan fingerprint density at radius 3 is 2.92 bits per heavy atom. The van der Waals surface area contributed by atoms with E-state index in [2.05, 4.69) is 0 Å². The molecule has 0 amide bonds. The zero-order valence-corrected chi connectivity index (χ0v) is 8.14. The number of nitriles is 1. The quantitative estimate of drug-likeness (QED) is 0.695. The van der Waals surface area contributed by atoms with Gasteiger partial charge in [-0.2, -0.15) is 5.26 Å². The van der Waals surface area contributed by atoms with Crippen LogP contribution in [0, 0.1) is 18.3 Å². The number of ether oxygens (including phenoxy) is 1. The summed E-state index contributed by atoms with van der Waals surface area (Å²) < 4.78 is 5.21. The van der Waals surface area contributed by atoms with E-state index in [-0.39, 0.29) is 6.61 Å². The second-order valence-corrected chi connectivity index (χ2v) is 2.96. The maximum atomic E-state index is 8.35. The summed E-state index contributed by atoms with van der Waals surface area (Å²) in [6.07, 6.45) is 0. The molecular weight excluding hydrogens is 186 g/mol. The van der Waals surface area contributed by atoms with Gasteiger partial charge in [0.25, 0.3) is 0 Å². The fourth-order valence-electron chi connectivity index (χ4n) is 1.02. The lowest BCUT2D eigenvalue weighted by atomic mass is 10.1. The number of hydrogen-bond donors (Lipinski definition) is 0. The van der Waals surface area contributed by atoms with Gasteiger partial charge in [0.15, 0.2) is 6.61 Å². The number of nitrogens with zero attached hydrogens (tertiary/aromatic N) is 1. The molecule has 0 aliphatic heterocycles. The first-order chi connectivity index (χ1) is 6.27. The van der Waals surface area contributed by atoms with E-state index >= 15 is 0 Å². The molecule has 68 valence electrons. The monoisotopic (exact) mass is 195 g/mol. The van der Waals surface area contributed by atoms with E-state index in [1.807, 2.05) is 31.2 Å². The van der Waals surface area contributed by atoms with Gasteiger partial charge in [0.05, 0.1) is 5.88 Å². The van der Waals surface area contributed by atoms with Gasteiger partial charge in [0, 0.05) is 5.56 Å². The average molecular weight is 196 g/mol. The minimum atomic E-state index is 0.0628. The van der Waals surface area contributed by atoms with Crippen LogP contribution in [0.3, 0.4) is 0 Å². The van der Waals surface area contributed by atoms with Crippen LogP contribution in [-0.2, 0) is 5.88 Å². The predicted octanol–water partition coefficient (Wildman–Crippen LogP) is 2.64. The summed E-state index contributed by atoms with van der Waals surface area (Å²) in [5.41, 5.74) is 2.02. The van der Waals surface area contributed by atoms with E-state index in [1.54, 1.807) is 0 Å². The summed E-state index contributed by atoms with van der Waals surface area (Å²) in [7, 11) is 0. The molecular formula is C10H10ClNO. The van der Waals surface area contributed by atoms with Gasteiger partial charge in [0.2, 0.25) is 0 Å². The molecule has 1 aromatic rings. The molecule has 0 aromatic heterocycles. The Labute approximate surface area is 82.7 Å². The smallest absolute Gasteiger partial charge is 0.174 e. The number of hydrogen-bond acceptors (Lipinski definition) is 2. The number of alkyl halides is 1. The van der Waals surface area contributed by atoms with Gasteiger partial charge >= 0.3 is 0 Å². The summed E-state index contributed by atoms with van der Waals surface area (Å²) in [5, 5.41) is 8.35. The number of rotatable bonds is 3. The van der Waals surface area contributed by atoms with E-state index in [1.165, 1.54) is 0 Å². The largest absolute Gasteiger partial charge is 0.478 e. The van der Waals surface area contributed by atoms with Crippen molar-refractivity contribution in [3.63, 3.8) is 0 Å². The average Bonchev–Trinajstić information content (AvgIpc) is 2.15. The van der Waals surface area contributed by atoms with E-state index in [9.17, 15) is 0 Å². The maximum Gasteiger partial charge on any atom is 0.174 e. The fourth-order valence-corrected chi connectivity index (χ4v) is 1.24. The highest BCUT2D eigenvalue weighted by molar-refractivity contribution is 6.17. The Morgan fingerprint density at radius 1 is 1.54 bits per heavy atom. The van der Waals surface area contributed by atoms with Crippen LogP contribution in [0.4, 0.5) is 0 Å². The molecule has 0 atom stereocenters. The fraction of sp³-hybridized carbons (Fsp3) is 0.300. The molecule has 0 N–H and O–H groups in total. The molecule has 0 fully saturated rings. The minimum absolute atomic E-state index is 0.0628. The van der Waals surface area contributed by atoms with E-state index in [0.29, 0.717) is 11.6 Å². The van der Waals surface area contributed by atoms with Crippen molar-refractivity contribution >= 4 is 11.6 Å². The lowest BCUT2D eigenvalue weighted by Gasteiger charge is -2.07. The van der Waals surface area contributed by atoms with Gasteiger partial charge in [-0.15, -0.1) is 11.6 Å². The summed E-state index contributed by atoms with van der Waals surface area (Å²) in [6, 6.07) is 7.69. The molecule has 0 radical (unpaired) electrons. The van der Waals surface area contributed by atoms with Crippen molar-refractivity contribution in [1.82, 2.24) is 0 Å². The van der Waals surface area contributed by atoms with Crippen molar-refractivity contribution in [2.45, 2.75) is 12.8 Å². The van der Waals surface area contributed by atoms with E-state index < -0.39 is 0 Å². The molecule has 0 bridgehead atoms. The van der Waals surface area contributed by atoms with Crippen molar-refractivity contribution in [2.24, 2.45) is 0 Å². The van der Waals surface area contributed by atoms with Crippen LogP contribution in [-0.4, -0.2) is 6.61 Å². The lowest BCUT2D eigenvalue weighted by Crippen LogP contribution is -1.97. The van der Waals surface area contributed by atoms with Gasteiger partial charge in [0.1, 0.15) is 11.8 Å². The molecule has 13 heavy (non-hydrogen) atoms. The molecule has 0 aliphatic rings. The highest BCUT2D eigenvalue weighted by Crippen LogP contribution is 2.21. The first-order valence-corrected chi connectivity index (χ1v) is 4.46. The SMILES string of the molecule is Cc1ccc(CCl)c(OCC#N)c1. The van der Waals surface area contributed by atoms with Gasteiger partial charge in [-0.1, -0.05) is 12.1 Å². The Morgan fingerprint density at radius 2 is 2.31 bits per heavy atom. The zero-order chi connectivity index (χ0) is 9.68. The van der Waals surface area contributed by atoms with E-state index in [0.717, 1.165) is 11.1 Å². The standard InChI is InChI=1S/C10H10ClNO/c1-8-2-3-9(7-11)10(6-8)13-5-4-12/h2-3,6H,5,7H2,1H3. The highest BCUT2D eigenvalue weighted by Gasteiger charge is 2.01. The molecule has 0 heterocycles. The Bertz CT molecular complexity index is 330. The van der Waals surface area contributed by atoms with Crippen LogP contribution in [0.15, 0.2) is 18.2 Å². The zero-order valence-electron chi connectivity index (χ0n) is 7.38. The summed E-state index contributed by atoms with van der Waals surface area (Å²) in [6.45, 7) is 2.03. The molecule has 0 saturated heterocycles. The number of aryl methyl sites for hydroxylation is 1. The third-order valence-electron chi connectivity index (χ3n) is 1.66. The molecule has 0 saturated carbocycles. The molecule has 0 aliphatic carbocycles. The van der Waals surface area contributed by atoms with Crippen LogP contribution in [0.5, 0.6) is 5.75 Å². The second-order valence-electron chi connectivity index (χ2n) is 2.69. The lowest BCUT2D eigenvalue weighted by molar-refractivity contribution is 0.365. The summed E-state index contributed by atoms with van der Waals surface area (Å²) >= 11 is 5.70. The van der Waals surface area contributed by atoms with Crippen molar-refractivity contribution in [3.8, 4) is 11.8 Å². The first kappa shape index (κ1) is 9.88. The van der Waals surface area contributed by atoms with E-state index in [4.69, 9.17) is 21.6 Å². The Balaban J connectivity index is 2.89. The topological polar surface area (TPSA) is 33.0 Å². The second kappa shape index (κ2) is 4.74. The van der Waals surface area contributed by atoms with Crippen molar-refractivity contribution < 1.29 is 4.74 Å². The molecule has 1 rings (SSSR count). The maximum absolute atomic E-state index is 8.35. The van der Waals surface area contributed by atoms with Gasteiger partial charge < -0.3 is 4.74 Å². The number of benzene rings is 1. The molecule has 0 unspecified atom stereocenters. The van der Waals surface area contributed by atoms with Crippen LogP contribution >= 0.6 is 11.6 Å². The molecule has 3 heteroatoms. The van der Waals surface area contributed by atoms with Crippen LogP contribution in [0.25, 0.3) is 0 Å². The van der Waals surface area contributed by atoms with Crippen LogP contribution < -0.4 is 4.74 Å². The van der Waals surface area contributed by atoms with Gasteiger partial charge in [-0.25, -0.2) is 0 Å². The van der Waals surface area contributed by atoms with Crippen LogP contribution in [0.2, 0.25) is 0 Å². The molecule has 1 aromatic carbocycles. The Hall–Kier alpha value is -1.20. The van der Waals surface area contributed by atoms with Crippen molar-refractivity contribution in [2.75, 3.05) is 6.61 Å². The van der Waals surface area contributed by atoms with Crippen molar-refractivity contribution in [3.05, 3.63) is 29.3 Å². The third kappa shape index (κ3) is 2.64. The summed E-state index contributed by atoms with van der Waals surface area (Å²) in [4.78, 5) is 0. The van der Waals surface area contributed by atoms with Gasteiger partial charge in [-0.05, 0) is 18.6 Å². The predicted molar refractivity (Wildman–Crippen MR) is 51.8 cm³/mol.